The highest BCUT2D eigenvalue weighted by atomic mass is 15.3. The first-order valence-electron chi connectivity index (χ1n) is 7.49. The number of fused-ring (bicyclic) bond motifs is 1. The van der Waals surface area contributed by atoms with Crippen molar-refractivity contribution < 1.29 is 0 Å². The molecule has 7 nitrogen and oxygen atoms in total. The third kappa shape index (κ3) is 2.34. The standard InChI is InChI=1S/C15H17N7/c16-13-5-6-14-17-9-12(22(14)21-13)10-7-18-15(19-8-10)20-11-3-1-2-4-11/h5-9,11H,1-4H2,(H2,16,21)(H,18,19,20). The Kier molecular flexibility index (Phi) is 3.10. The number of anilines is 2. The normalized spacial score (nSPS) is 15.5. The zero-order valence-electron chi connectivity index (χ0n) is 12.1. The number of hydrogen-bond acceptors (Lipinski definition) is 6. The van der Waals surface area contributed by atoms with Gasteiger partial charge in [0.1, 0.15) is 5.82 Å². The lowest BCUT2D eigenvalue weighted by Gasteiger charge is -2.11. The van der Waals surface area contributed by atoms with E-state index in [2.05, 4.69) is 25.4 Å². The maximum absolute atomic E-state index is 5.74. The molecule has 1 fully saturated rings. The second kappa shape index (κ2) is 5.25. The van der Waals surface area contributed by atoms with E-state index in [0.717, 1.165) is 16.9 Å². The minimum atomic E-state index is 0.451. The molecule has 0 saturated heterocycles. The van der Waals surface area contributed by atoms with E-state index in [1.165, 1.54) is 25.7 Å². The van der Waals surface area contributed by atoms with E-state index < -0.39 is 0 Å². The number of rotatable bonds is 3. The Morgan fingerprint density at radius 1 is 1.05 bits per heavy atom. The summed E-state index contributed by atoms with van der Waals surface area (Å²) in [4.78, 5) is 13.1. The van der Waals surface area contributed by atoms with Crippen LogP contribution >= 0.6 is 0 Å². The molecular weight excluding hydrogens is 278 g/mol. The highest BCUT2D eigenvalue weighted by Crippen LogP contribution is 2.22. The van der Waals surface area contributed by atoms with Crippen LogP contribution in [0.1, 0.15) is 25.7 Å². The van der Waals surface area contributed by atoms with Gasteiger partial charge in [-0.3, -0.25) is 0 Å². The van der Waals surface area contributed by atoms with Crippen molar-refractivity contribution in [2.24, 2.45) is 0 Å². The Balaban J connectivity index is 1.62. The number of nitrogens with zero attached hydrogens (tertiary/aromatic N) is 5. The lowest BCUT2D eigenvalue weighted by molar-refractivity contribution is 0.744. The summed E-state index contributed by atoms with van der Waals surface area (Å²) >= 11 is 0. The molecule has 3 heterocycles. The van der Waals surface area contributed by atoms with Crippen LogP contribution in [0.15, 0.2) is 30.7 Å². The minimum Gasteiger partial charge on any atom is -0.382 e. The molecule has 22 heavy (non-hydrogen) atoms. The summed E-state index contributed by atoms with van der Waals surface area (Å²) < 4.78 is 1.71. The van der Waals surface area contributed by atoms with Crippen molar-refractivity contribution in [2.75, 3.05) is 11.1 Å². The summed E-state index contributed by atoms with van der Waals surface area (Å²) in [7, 11) is 0. The van der Waals surface area contributed by atoms with Crippen LogP contribution in [-0.2, 0) is 0 Å². The summed E-state index contributed by atoms with van der Waals surface area (Å²) in [5, 5.41) is 7.66. The van der Waals surface area contributed by atoms with Gasteiger partial charge in [0.05, 0.1) is 11.9 Å². The van der Waals surface area contributed by atoms with Gasteiger partial charge in [-0.05, 0) is 25.0 Å². The molecule has 0 amide bonds. The summed E-state index contributed by atoms with van der Waals surface area (Å²) in [6, 6.07) is 4.07. The van der Waals surface area contributed by atoms with Gasteiger partial charge in [-0.2, -0.15) is 0 Å². The third-order valence-electron chi connectivity index (χ3n) is 4.02. The molecule has 3 aromatic heterocycles. The first kappa shape index (κ1) is 13.0. The van der Waals surface area contributed by atoms with E-state index >= 15 is 0 Å². The Labute approximate surface area is 127 Å². The first-order chi connectivity index (χ1) is 10.8. The van der Waals surface area contributed by atoms with Crippen LogP contribution in [0, 0.1) is 0 Å². The maximum atomic E-state index is 5.74. The number of imidazole rings is 1. The van der Waals surface area contributed by atoms with Crippen LogP contribution in [0.3, 0.4) is 0 Å². The molecule has 1 aliphatic rings. The Bertz CT molecular complexity index is 787. The predicted octanol–water partition coefficient (Wildman–Crippen LogP) is 2.12. The molecule has 0 aliphatic heterocycles. The second-order valence-electron chi connectivity index (χ2n) is 5.59. The number of nitrogen functional groups attached to an aromatic ring is 1. The van der Waals surface area contributed by atoms with E-state index in [1.807, 2.05) is 6.07 Å². The SMILES string of the molecule is Nc1ccc2ncc(-c3cnc(NC4CCCC4)nc3)n2n1. The molecule has 1 aliphatic carbocycles. The summed E-state index contributed by atoms with van der Waals surface area (Å²) in [6.45, 7) is 0. The van der Waals surface area contributed by atoms with Crippen LogP contribution in [0.25, 0.3) is 16.9 Å². The molecule has 0 radical (unpaired) electrons. The first-order valence-corrected chi connectivity index (χ1v) is 7.49. The zero-order chi connectivity index (χ0) is 14.9. The smallest absolute Gasteiger partial charge is 0.222 e. The monoisotopic (exact) mass is 295 g/mol. The molecule has 112 valence electrons. The molecule has 0 spiro atoms. The van der Waals surface area contributed by atoms with E-state index in [-0.39, 0.29) is 0 Å². The summed E-state index contributed by atoms with van der Waals surface area (Å²) in [5.41, 5.74) is 8.18. The van der Waals surface area contributed by atoms with Crippen molar-refractivity contribution in [3.05, 3.63) is 30.7 Å². The Hall–Kier alpha value is -2.70. The van der Waals surface area contributed by atoms with Crippen molar-refractivity contribution >= 4 is 17.4 Å². The minimum absolute atomic E-state index is 0.451. The van der Waals surface area contributed by atoms with Gasteiger partial charge in [-0.1, -0.05) is 12.8 Å². The fourth-order valence-electron chi connectivity index (χ4n) is 2.87. The van der Waals surface area contributed by atoms with Gasteiger partial charge < -0.3 is 11.1 Å². The van der Waals surface area contributed by atoms with Crippen molar-refractivity contribution in [2.45, 2.75) is 31.7 Å². The zero-order valence-corrected chi connectivity index (χ0v) is 12.1. The highest BCUT2D eigenvalue weighted by Gasteiger charge is 2.15. The van der Waals surface area contributed by atoms with E-state index in [1.54, 1.807) is 29.2 Å². The van der Waals surface area contributed by atoms with E-state index in [9.17, 15) is 0 Å². The van der Waals surface area contributed by atoms with Gasteiger partial charge in [-0.25, -0.2) is 19.5 Å². The fraction of sp³-hybridized carbons (Fsp3) is 0.333. The van der Waals surface area contributed by atoms with Crippen molar-refractivity contribution in [3.8, 4) is 11.3 Å². The van der Waals surface area contributed by atoms with Crippen molar-refractivity contribution in [1.29, 1.82) is 0 Å². The van der Waals surface area contributed by atoms with Crippen LogP contribution in [0.5, 0.6) is 0 Å². The number of nitrogens with one attached hydrogen (secondary N) is 1. The average molecular weight is 295 g/mol. The van der Waals surface area contributed by atoms with Gasteiger partial charge in [0, 0.05) is 24.0 Å². The van der Waals surface area contributed by atoms with Gasteiger partial charge in [-0.15, -0.1) is 5.10 Å². The lowest BCUT2D eigenvalue weighted by atomic mass is 10.2. The lowest BCUT2D eigenvalue weighted by Crippen LogP contribution is -2.16. The molecule has 3 N–H and O–H groups in total. The van der Waals surface area contributed by atoms with Crippen LogP contribution in [0.4, 0.5) is 11.8 Å². The quantitative estimate of drug-likeness (QED) is 0.768. The molecule has 3 aromatic rings. The average Bonchev–Trinajstić information content (AvgIpc) is 3.17. The summed E-state index contributed by atoms with van der Waals surface area (Å²) in [6.07, 6.45) is 10.3. The van der Waals surface area contributed by atoms with E-state index in [4.69, 9.17) is 5.73 Å². The molecule has 0 unspecified atom stereocenters. The molecule has 1 saturated carbocycles. The Morgan fingerprint density at radius 2 is 1.82 bits per heavy atom. The van der Waals surface area contributed by atoms with Gasteiger partial charge >= 0.3 is 0 Å². The van der Waals surface area contributed by atoms with Crippen molar-refractivity contribution in [3.63, 3.8) is 0 Å². The van der Waals surface area contributed by atoms with Gasteiger partial charge in [0.2, 0.25) is 5.95 Å². The molecule has 0 bridgehead atoms. The van der Waals surface area contributed by atoms with Gasteiger partial charge in [0.15, 0.2) is 5.65 Å². The fourth-order valence-corrected chi connectivity index (χ4v) is 2.87. The second-order valence-corrected chi connectivity index (χ2v) is 5.59. The predicted molar refractivity (Wildman–Crippen MR) is 84.3 cm³/mol. The third-order valence-corrected chi connectivity index (χ3v) is 4.02. The number of aromatic nitrogens is 5. The number of nitrogens with two attached hydrogens (primary N) is 1. The molecule has 4 rings (SSSR count). The van der Waals surface area contributed by atoms with E-state index in [0.29, 0.717) is 17.8 Å². The van der Waals surface area contributed by atoms with Crippen LogP contribution in [0.2, 0.25) is 0 Å². The van der Waals surface area contributed by atoms with Crippen LogP contribution in [-0.4, -0.2) is 30.6 Å². The summed E-state index contributed by atoms with van der Waals surface area (Å²) in [5.74, 6) is 1.13. The maximum Gasteiger partial charge on any atom is 0.222 e. The highest BCUT2D eigenvalue weighted by molar-refractivity contribution is 5.62. The number of hydrogen-bond donors (Lipinski definition) is 2. The van der Waals surface area contributed by atoms with Gasteiger partial charge in [0.25, 0.3) is 0 Å². The largest absolute Gasteiger partial charge is 0.382 e. The molecule has 0 aromatic carbocycles. The molecular formula is C15H17N7. The molecule has 7 heteroatoms. The van der Waals surface area contributed by atoms with Crippen molar-refractivity contribution in [1.82, 2.24) is 24.6 Å². The topological polar surface area (TPSA) is 94.0 Å². The Morgan fingerprint density at radius 3 is 2.59 bits per heavy atom. The molecule has 0 atom stereocenters. The van der Waals surface area contributed by atoms with Crippen LogP contribution < -0.4 is 11.1 Å².